The quantitative estimate of drug-likeness (QED) is 0.542. The van der Waals surface area contributed by atoms with Gasteiger partial charge in [0.05, 0.1) is 6.04 Å². The topological polar surface area (TPSA) is 75.7 Å². The number of hydrogen-bond donors (Lipinski definition) is 1. The van der Waals surface area contributed by atoms with Crippen molar-refractivity contribution in [3.05, 3.63) is 58.1 Å². The van der Waals surface area contributed by atoms with Crippen molar-refractivity contribution >= 4 is 31.9 Å². The first kappa shape index (κ1) is 25.0. The monoisotopic (exact) mass is 560 g/mol. The minimum absolute atomic E-state index is 0.0254. The number of hydrogen-bond acceptors (Lipinski definition) is 4. The zero-order valence-electron chi connectivity index (χ0n) is 18.1. The van der Waals surface area contributed by atoms with Crippen molar-refractivity contribution in [1.29, 1.82) is 0 Å². The molecule has 6 nitrogen and oxygen atoms in total. The normalized spacial score (nSPS) is 19.6. The van der Waals surface area contributed by atoms with Crippen molar-refractivity contribution in [2.75, 3.05) is 13.1 Å². The molecule has 0 spiro atoms. The van der Waals surface area contributed by atoms with Gasteiger partial charge in [0.1, 0.15) is 4.90 Å². The number of rotatable bonds is 6. The van der Waals surface area contributed by atoms with Gasteiger partial charge in [0.15, 0.2) is 5.75 Å². The minimum Gasteiger partial charge on any atom is -0.404 e. The Morgan fingerprint density at radius 3 is 2.56 bits per heavy atom. The molecule has 2 aliphatic rings. The first-order valence-electron chi connectivity index (χ1n) is 11.0. The Balaban J connectivity index is 1.69. The lowest BCUT2D eigenvalue weighted by Crippen LogP contribution is -2.46. The van der Waals surface area contributed by atoms with Crippen molar-refractivity contribution in [3.8, 4) is 5.75 Å². The molecule has 1 unspecified atom stereocenters. The maximum absolute atomic E-state index is 13.7. The van der Waals surface area contributed by atoms with E-state index < -0.39 is 33.1 Å². The standard InChI is InChI=1S/C23H24BrF3N2O4S/c24-17-9-10-21(20(13-17)33-23(25,26)27)34(31,32)29-12-11-15-5-3-4-8-18(15)19(29)14-28-22(30)16-6-1-2-7-16/h3-5,8-10,13,16,19H,1-2,6-7,11-12,14H2,(H,28,30). The zero-order chi connectivity index (χ0) is 24.5. The summed E-state index contributed by atoms with van der Waals surface area (Å²) >= 11 is 3.07. The molecule has 0 bridgehead atoms. The summed E-state index contributed by atoms with van der Waals surface area (Å²) in [5, 5.41) is 2.89. The van der Waals surface area contributed by atoms with Gasteiger partial charge in [0.25, 0.3) is 0 Å². The van der Waals surface area contributed by atoms with E-state index in [1.165, 1.54) is 6.07 Å². The maximum Gasteiger partial charge on any atom is 0.573 e. The fourth-order valence-electron chi connectivity index (χ4n) is 4.68. The van der Waals surface area contributed by atoms with Gasteiger partial charge in [-0.2, -0.15) is 4.31 Å². The summed E-state index contributed by atoms with van der Waals surface area (Å²) < 4.78 is 71.9. The second-order valence-corrected chi connectivity index (χ2v) is 11.2. The summed E-state index contributed by atoms with van der Waals surface area (Å²) in [4.78, 5) is 12.1. The number of ether oxygens (including phenoxy) is 1. The second-order valence-electron chi connectivity index (χ2n) is 8.45. The largest absolute Gasteiger partial charge is 0.573 e. The Kier molecular flexibility index (Phi) is 7.25. The van der Waals surface area contributed by atoms with E-state index in [1.54, 1.807) is 12.1 Å². The fourth-order valence-corrected chi connectivity index (χ4v) is 6.73. The lowest BCUT2D eigenvalue weighted by atomic mass is 9.94. The Hall–Kier alpha value is -2.11. The third kappa shape index (κ3) is 5.41. The van der Waals surface area contributed by atoms with E-state index in [4.69, 9.17) is 0 Å². The van der Waals surface area contributed by atoms with Crippen LogP contribution < -0.4 is 10.1 Å². The van der Waals surface area contributed by atoms with E-state index >= 15 is 0 Å². The SMILES string of the molecule is O=C(NCC1c2ccccc2CCN1S(=O)(=O)c1ccc(Br)cc1OC(F)(F)F)C1CCCC1. The van der Waals surface area contributed by atoms with Gasteiger partial charge in [-0.1, -0.05) is 53.0 Å². The lowest BCUT2D eigenvalue weighted by molar-refractivity contribution is -0.275. The van der Waals surface area contributed by atoms with E-state index in [-0.39, 0.29) is 29.4 Å². The Morgan fingerprint density at radius 1 is 1.15 bits per heavy atom. The average Bonchev–Trinajstić information content (AvgIpc) is 3.31. The molecule has 2 aromatic rings. The molecular weight excluding hydrogens is 537 g/mol. The van der Waals surface area contributed by atoms with E-state index in [0.29, 0.717) is 6.42 Å². The Labute approximate surface area is 204 Å². The van der Waals surface area contributed by atoms with Crippen molar-refractivity contribution < 1.29 is 31.1 Å². The van der Waals surface area contributed by atoms with Gasteiger partial charge in [-0.05, 0) is 48.6 Å². The molecule has 184 valence electrons. The number of amides is 1. The molecule has 0 radical (unpaired) electrons. The average molecular weight is 561 g/mol. The van der Waals surface area contributed by atoms with Gasteiger partial charge in [0.2, 0.25) is 15.9 Å². The van der Waals surface area contributed by atoms with Crippen molar-refractivity contribution in [2.45, 2.75) is 49.4 Å². The number of nitrogens with one attached hydrogen (secondary N) is 1. The number of sulfonamides is 1. The third-order valence-electron chi connectivity index (χ3n) is 6.28. The summed E-state index contributed by atoms with van der Waals surface area (Å²) in [5.41, 5.74) is 1.66. The van der Waals surface area contributed by atoms with E-state index in [2.05, 4.69) is 26.0 Å². The van der Waals surface area contributed by atoms with Crippen molar-refractivity contribution in [1.82, 2.24) is 9.62 Å². The summed E-state index contributed by atoms with van der Waals surface area (Å²) in [6, 6.07) is 9.97. The predicted octanol–water partition coefficient (Wildman–Crippen LogP) is 4.94. The number of alkyl halides is 3. The molecule has 1 N–H and O–H groups in total. The molecule has 1 heterocycles. The number of halogens is 4. The molecule has 0 saturated heterocycles. The van der Waals surface area contributed by atoms with Crippen LogP contribution in [-0.2, 0) is 21.2 Å². The number of nitrogens with zero attached hydrogens (tertiary/aromatic N) is 1. The van der Waals surface area contributed by atoms with Gasteiger partial charge >= 0.3 is 6.36 Å². The first-order chi connectivity index (χ1) is 16.1. The van der Waals surface area contributed by atoms with Crippen LogP contribution in [0.25, 0.3) is 0 Å². The molecule has 1 saturated carbocycles. The van der Waals surface area contributed by atoms with Crippen molar-refractivity contribution in [2.24, 2.45) is 5.92 Å². The molecule has 4 rings (SSSR count). The van der Waals surface area contributed by atoms with Gasteiger partial charge in [-0.15, -0.1) is 13.2 Å². The summed E-state index contributed by atoms with van der Waals surface area (Å²) in [7, 11) is -4.40. The minimum atomic E-state index is -5.06. The zero-order valence-corrected chi connectivity index (χ0v) is 20.5. The van der Waals surface area contributed by atoms with Gasteiger partial charge in [-0.3, -0.25) is 4.79 Å². The van der Waals surface area contributed by atoms with Crippen LogP contribution in [0.3, 0.4) is 0 Å². The van der Waals surface area contributed by atoms with Gasteiger partial charge in [-0.25, -0.2) is 8.42 Å². The molecule has 0 aromatic heterocycles. The Morgan fingerprint density at radius 2 is 1.85 bits per heavy atom. The smallest absolute Gasteiger partial charge is 0.404 e. The van der Waals surface area contributed by atoms with Crippen LogP contribution in [0.2, 0.25) is 0 Å². The molecule has 2 aromatic carbocycles. The van der Waals surface area contributed by atoms with Gasteiger partial charge < -0.3 is 10.1 Å². The predicted molar refractivity (Wildman–Crippen MR) is 123 cm³/mol. The second kappa shape index (κ2) is 9.87. The summed E-state index contributed by atoms with van der Waals surface area (Å²) in [5.74, 6) is -1.03. The van der Waals surface area contributed by atoms with Crippen molar-refractivity contribution in [3.63, 3.8) is 0 Å². The highest BCUT2D eigenvalue weighted by molar-refractivity contribution is 9.10. The lowest BCUT2D eigenvalue weighted by Gasteiger charge is -2.37. The van der Waals surface area contributed by atoms with E-state index in [9.17, 15) is 26.4 Å². The Bertz CT molecular complexity index is 1170. The first-order valence-corrected chi connectivity index (χ1v) is 13.2. The molecule has 1 aliphatic heterocycles. The van der Waals surface area contributed by atoms with E-state index in [1.807, 2.05) is 12.1 Å². The molecule has 1 atom stereocenters. The van der Waals surface area contributed by atoms with Gasteiger partial charge in [0, 0.05) is 23.5 Å². The van der Waals surface area contributed by atoms with Crippen LogP contribution in [0.1, 0.15) is 42.9 Å². The highest BCUT2D eigenvalue weighted by atomic mass is 79.9. The molecule has 11 heteroatoms. The highest BCUT2D eigenvalue weighted by Crippen LogP contribution is 2.39. The number of carbonyl (C=O) groups excluding carboxylic acids is 1. The fraction of sp³-hybridized carbons (Fsp3) is 0.435. The van der Waals surface area contributed by atoms with Crippen LogP contribution in [0.4, 0.5) is 13.2 Å². The van der Waals surface area contributed by atoms with Crippen LogP contribution >= 0.6 is 15.9 Å². The highest BCUT2D eigenvalue weighted by Gasteiger charge is 2.40. The maximum atomic E-state index is 13.7. The number of fused-ring (bicyclic) bond motifs is 1. The molecule has 1 amide bonds. The van der Waals surface area contributed by atoms with Crippen LogP contribution in [0.5, 0.6) is 5.75 Å². The third-order valence-corrected chi connectivity index (χ3v) is 8.72. The van der Waals surface area contributed by atoms with Crippen LogP contribution in [0, 0.1) is 5.92 Å². The number of benzene rings is 2. The van der Waals surface area contributed by atoms with Crippen LogP contribution in [-0.4, -0.2) is 38.1 Å². The summed E-state index contributed by atoms with van der Waals surface area (Å²) in [6.45, 7) is 0.0857. The molecule has 1 fully saturated rings. The van der Waals surface area contributed by atoms with Crippen LogP contribution in [0.15, 0.2) is 51.8 Å². The van der Waals surface area contributed by atoms with E-state index in [0.717, 1.165) is 53.2 Å². The molecular formula is C23H24BrF3N2O4S. The summed E-state index contributed by atoms with van der Waals surface area (Å²) in [6.07, 6.45) is -1.10. The number of carbonyl (C=O) groups is 1. The molecule has 34 heavy (non-hydrogen) atoms. The molecule has 1 aliphatic carbocycles.